The molecule has 3 saturated carbocycles. The lowest BCUT2D eigenvalue weighted by Crippen LogP contribution is -2.59. The van der Waals surface area contributed by atoms with Crippen LogP contribution in [0.5, 0.6) is 0 Å². The molecule has 3 heteroatoms. The third-order valence-corrected chi connectivity index (χ3v) is 5.46. The molecule has 0 aromatic carbocycles. The van der Waals surface area contributed by atoms with Crippen LogP contribution < -0.4 is 0 Å². The monoisotopic (exact) mass is 268 g/mol. The molecule has 0 heterocycles. The second-order valence-electron chi connectivity index (χ2n) is 7.31. The van der Waals surface area contributed by atoms with Crippen molar-refractivity contribution in [1.82, 2.24) is 0 Å². The van der Waals surface area contributed by atoms with E-state index in [4.69, 9.17) is 9.47 Å². The van der Waals surface area contributed by atoms with E-state index < -0.39 is 0 Å². The van der Waals surface area contributed by atoms with Gasteiger partial charge in [0.25, 0.3) is 0 Å². The average molecular weight is 268 g/mol. The van der Waals surface area contributed by atoms with Crippen molar-refractivity contribution >= 4 is 5.97 Å². The molecule has 0 aliphatic heterocycles. The normalized spacial score (nSPS) is 41.6. The lowest BCUT2D eigenvalue weighted by molar-refractivity contribution is -0.209. The Balaban J connectivity index is 2.23. The van der Waals surface area contributed by atoms with Crippen LogP contribution in [0.25, 0.3) is 0 Å². The fraction of sp³-hybridized carbons (Fsp3) is 0.938. The highest BCUT2D eigenvalue weighted by Gasteiger charge is 2.59. The van der Waals surface area contributed by atoms with E-state index >= 15 is 0 Å². The van der Waals surface area contributed by atoms with Crippen LogP contribution in [0.15, 0.2) is 0 Å². The summed E-state index contributed by atoms with van der Waals surface area (Å²) < 4.78 is 11.3. The van der Waals surface area contributed by atoms with E-state index in [-0.39, 0.29) is 22.9 Å². The van der Waals surface area contributed by atoms with Gasteiger partial charge in [-0.05, 0) is 42.9 Å². The van der Waals surface area contributed by atoms with Crippen molar-refractivity contribution in [2.75, 3.05) is 13.7 Å². The zero-order chi connectivity index (χ0) is 14.3. The molecule has 0 aromatic rings. The summed E-state index contributed by atoms with van der Waals surface area (Å²) in [7, 11) is 1.49. The first-order valence-electron chi connectivity index (χ1n) is 7.55. The molecule has 3 aliphatic carbocycles. The Labute approximate surface area is 117 Å². The molecule has 4 atom stereocenters. The molecule has 0 amide bonds. The Morgan fingerprint density at radius 3 is 2.53 bits per heavy atom. The topological polar surface area (TPSA) is 35.5 Å². The maximum Gasteiger partial charge on any atom is 0.311 e. The Bertz CT molecular complexity index is 352. The molecule has 2 bridgehead atoms. The van der Waals surface area contributed by atoms with Gasteiger partial charge in [0.2, 0.25) is 0 Å². The number of methoxy groups -OCH3 is 1. The molecule has 0 spiro atoms. The van der Waals surface area contributed by atoms with E-state index in [9.17, 15) is 4.79 Å². The third-order valence-electron chi connectivity index (χ3n) is 5.46. The van der Waals surface area contributed by atoms with Crippen molar-refractivity contribution in [1.29, 1.82) is 0 Å². The lowest BCUT2D eigenvalue weighted by atomic mass is 9.50. The summed E-state index contributed by atoms with van der Waals surface area (Å²) in [5.74, 6) is 0.959. The molecule has 3 aliphatic rings. The summed E-state index contributed by atoms with van der Waals surface area (Å²) >= 11 is 0. The average Bonchev–Trinajstić information content (AvgIpc) is 2.37. The van der Waals surface area contributed by atoms with Gasteiger partial charge in [0.15, 0.2) is 0 Å². The molecule has 19 heavy (non-hydrogen) atoms. The Morgan fingerprint density at radius 1 is 1.32 bits per heavy atom. The van der Waals surface area contributed by atoms with Crippen LogP contribution in [0, 0.1) is 23.2 Å². The highest BCUT2D eigenvalue weighted by molar-refractivity contribution is 5.74. The van der Waals surface area contributed by atoms with Crippen LogP contribution in [0.3, 0.4) is 0 Å². The summed E-state index contributed by atoms with van der Waals surface area (Å²) in [4.78, 5) is 12.2. The molecule has 3 rings (SSSR count). The van der Waals surface area contributed by atoms with Crippen LogP contribution in [0.1, 0.15) is 53.4 Å². The number of fused-ring (bicyclic) bond motifs is 3. The summed E-state index contributed by atoms with van der Waals surface area (Å²) in [5, 5.41) is 0. The fourth-order valence-electron chi connectivity index (χ4n) is 3.89. The number of esters is 1. The summed E-state index contributed by atoms with van der Waals surface area (Å²) in [5.41, 5.74) is 0.0103. The minimum Gasteiger partial charge on any atom is -0.469 e. The number of carbonyl (C=O) groups is 1. The first-order chi connectivity index (χ1) is 8.83. The minimum absolute atomic E-state index is 0.0776. The quantitative estimate of drug-likeness (QED) is 0.733. The van der Waals surface area contributed by atoms with Gasteiger partial charge in [0.05, 0.1) is 18.6 Å². The van der Waals surface area contributed by atoms with Crippen molar-refractivity contribution in [3.05, 3.63) is 0 Å². The van der Waals surface area contributed by atoms with Gasteiger partial charge in [-0.3, -0.25) is 4.79 Å². The minimum atomic E-state index is -0.269. The van der Waals surface area contributed by atoms with E-state index in [0.29, 0.717) is 11.8 Å². The zero-order valence-corrected chi connectivity index (χ0v) is 13.0. The van der Waals surface area contributed by atoms with E-state index in [1.54, 1.807) is 0 Å². The summed E-state index contributed by atoms with van der Waals surface area (Å²) in [6.07, 6.45) is 4.08. The molecule has 0 radical (unpaired) electrons. The maximum absolute atomic E-state index is 12.2. The second-order valence-corrected chi connectivity index (χ2v) is 7.31. The summed E-state index contributed by atoms with van der Waals surface area (Å²) in [6.45, 7) is 9.67. The van der Waals surface area contributed by atoms with Gasteiger partial charge in [0.1, 0.15) is 0 Å². The molecule has 110 valence electrons. The van der Waals surface area contributed by atoms with Crippen molar-refractivity contribution in [2.24, 2.45) is 23.2 Å². The molecular weight excluding hydrogens is 240 g/mol. The maximum atomic E-state index is 12.2. The van der Waals surface area contributed by atoms with Crippen LogP contribution in [-0.2, 0) is 14.3 Å². The largest absolute Gasteiger partial charge is 0.469 e. The highest BCUT2D eigenvalue weighted by atomic mass is 16.5. The predicted octanol–water partition coefficient (Wildman–Crippen LogP) is 3.42. The Kier molecular flexibility index (Phi) is 3.97. The van der Waals surface area contributed by atoms with Gasteiger partial charge in [0, 0.05) is 6.61 Å². The Morgan fingerprint density at radius 2 is 2.00 bits per heavy atom. The molecular formula is C16H28O3. The molecule has 0 unspecified atom stereocenters. The van der Waals surface area contributed by atoms with Gasteiger partial charge >= 0.3 is 5.97 Å². The van der Waals surface area contributed by atoms with Gasteiger partial charge in [-0.25, -0.2) is 0 Å². The number of hydrogen-bond acceptors (Lipinski definition) is 3. The van der Waals surface area contributed by atoms with Crippen molar-refractivity contribution in [3.8, 4) is 0 Å². The molecule has 0 aromatic heterocycles. The van der Waals surface area contributed by atoms with E-state index in [1.165, 1.54) is 13.5 Å². The van der Waals surface area contributed by atoms with Crippen LogP contribution in [0.4, 0.5) is 0 Å². The first-order valence-corrected chi connectivity index (χ1v) is 7.55. The van der Waals surface area contributed by atoms with E-state index in [0.717, 1.165) is 25.9 Å². The lowest BCUT2D eigenvalue weighted by Gasteiger charge is -2.58. The second kappa shape index (κ2) is 5.08. The zero-order valence-electron chi connectivity index (χ0n) is 13.0. The van der Waals surface area contributed by atoms with Crippen molar-refractivity contribution in [3.63, 3.8) is 0 Å². The van der Waals surface area contributed by atoms with E-state index in [2.05, 4.69) is 27.7 Å². The number of ether oxygens (including phenoxy) is 2. The van der Waals surface area contributed by atoms with Crippen LogP contribution in [-0.4, -0.2) is 25.3 Å². The first kappa shape index (κ1) is 14.8. The molecule has 3 fully saturated rings. The van der Waals surface area contributed by atoms with Crippen molar-refractivity contribution < 1.29 is 14.3 Å². The third kappa shape index (κ3) is 2.54. The SMILES string of the molecule is COC(=O)[C@H]1C[C@@]2(C)CC[C@@]1(OCC(C)C)C[C@@H]2C. The van der Waals surface area contributed by atoms with Gasteiger partial charge in [-0.2, -0.15) is 0 Å². The smallest absolute Gasteiger partial charge is 0.311 e. The number of rotatable bonds is 4. The Hall–Kier alpha value is -0.570. The number of hydrogen-bond donors (Lipinski definition) is 0. The predicted molar refractivity (Wildman–Crippen MR) is 74.8 cm³/mol. The molecule has 3 nitrogen and oxygen atoms in total. The van der Waals surface area contributed by atoms with Crippen LogP contribution >= 0.6 is 0 Å². The number of carbonyl (C=O) groups excluding carboxylic acids is 1. The fourth-order valence-corrected chi connectivity index (χ4v) is 3.89. The standard InChI is InChI=1S/C16H28O3/c1-11(2)10-19-16-7-6-15(4,12(3)8-16)9-13(16)14(17)18-5/h11-13H,6-10H2,1-5H3/t12-,13+,15+,16+/m0/s1. The van der Waals surface area contributed by atoms with Gasteiger partial charge in [-0.15, -0.1) is 0 Å². The van der Waals surface area contributed by atoms with E-state index in [1.807, 2.05) is 0 Å². The van der Waals surface area contributed by atoms with Crippen LogP contribution in [0.2, 0.25) is 0 Å². The molecule has 0 saturated heterocycles. The summed E-state index contributed by atoms with van der Waals surface area (Å²) in [6, 6.07) is 0. The highest BCUT2D eigenvalue weighted by Crippen LogP contribution is 2.59. The molecule has 0 N–H and O–H groups in total. The van der Waals surface area contributed by atoms with Crippen molar-refractivity contribution in [2.45, 2.75) is 59.0 Å². The van der Waals surface area contributed by atoms with Gasteiger partial charge < -0.3 is 9.47 Å². The van der Waals surface area contributed by atoms with Gasteiger partial charge in [-0.1, -0.05) is 27.7 Å².